The van der Waals surface area contributed by atoms with Crippen LogP contribution in [0.4, 0.5) is 4.39 Å². The number of fused-ring (bicyclic) bond motifs is 8. The molecule has 0 amide bonds. The summed E-state index contributed by atoms with van der Waals surface area (Å²) in [4.78, 5) is 0. The van der Waals surface area contributed by atoms with E-state index in [1.54, 1.807) is 13.2 Å². The second-order valence-electron chi connectivity index (χ2n) is 11.5. The Labute approximate surface area is 236 Å². The van der Waals surface area contributed by atoms with Crippen LogP contribution in [0.25, 0.3) is 28.0 Å². The topological polar surface area (TPSA) is 9.23 Å². The summed E-state index contributed by atoms with van der Waals surface area (Å²) in [6.45, 7) is 4.69. The molecule has 1 nitrogen and oxygen atoms in total. The maximum Gasteiger partial charge on any atom is 0.118 e. The zero-order valence-corrected chi connectivity index (χ0v) is 23.6. The zero-order chi connectivity index (χ0) is 27.5. The molecule has 0 saturated heterocycles. The molecule has 40 heavy (non-hydrogen) atoms. The van der Waals surface area contributed by atoms with Crippen LogP contribution in [-0.2, 0) is 17.3 Å². The van der Waals surface area contributed by atoms with Crippen molar-refractivity contribution in [3.05, 3.63) is 130 Å². The molecule has 0 fully saturated rings. The molecule has 4 aromatic rings. The van der Waals surface area contributed by atoms with Gasteiger partial charge in [0.25, 0.3) is 0 Å². The predicted octanol–water partition coefficient (Wildman–Crippen LogP) is 10.0. The van der Waals surface area contributed by atoms with E-state index >= 15 is 0 Å². The van der Waals surface area contributed by atoms with Crippen molar-refractivity contribution in [2.75, 3.05) is 7.11 Å². The average molecular weight is 527 g/mol. The molecule has 0 N–H and O–H groups in total. The molecule has 4 aromatic carbocycles. The fraction of sp³-hybridized carbons (Fsp3) is 0.263. The SMILES string of the molecule is CCC1(CC)c2ccccc2-c2c1c1c(c3ccccc23)CC(C2=CC=C(F)CC2)(c2ccc(OC)cc2)C=C1. The van der Waals surface area contributed by atoms with E-state index in [2.05, 4.69) is 98.8 Å². The number of rotatable bonds is 5. The first-order valence-corrected chi connectivity index (χ1v) is 14.6. The van der Waals surface area contributed by atoms with Crippen LogP contribution in [0.2, 0.25) is 0 Å². The molecule has 7 rings (SSSR count). The van der Waals surface area contributed by atoms with Gasteiger partial charge in [-0.05, 0) is 93.6 Å². The molecule has 0 aliphatic heterocycles. The third-order valence-corrected chi connectivity index (χ3v) is 10.0. The molecule has 0 bridgehead atoms. The molecular formula is C38H35FO. The Bertz CT molecular complexity index is 1730. The molecule has 2 heteroatoms. The quantitative estimate of drug-likeness (QED) is 0.251. The summed E-state index contributed by atoms with van der Waals surface area (Å²) in [5, 5.41) is 2.67. The second-order valence-corrected chi connectivity index (χ2v) is 11.5. The minimum absolute atomic E-state index is 0.0134. The zero-order valence-electron chi connectivity index (χ0n) is 23.6. The second kappa shape index (κ2) is 9.34. The maximum absolute atomic E-state index is 14.2. The van der Waals surface area contributed by atoms with Crippen molar-refractivity contribution in [1.29, 1.82) is 0 Å². The molecule has 0 aromatic heterocycles. The van der Waals surface area contributed by atoms with Crippen LogP contribution in [-0.4, -0.2) is 7.11 Å². The number of allylic oxidation sites excluding steroid dienone is 5. The van der Waals surface area contributed by atoms with E-state index in [9.17, 15) is 4.39 Å². The van der Waals surface area contributed by atoms with E-state index < -0.39 is 0 Å². The van der Waals surface area contributed by atoms with Gasteiger partial charge in [-0.3, -0.25) is 0 Å². The van der Waals surface area contributed by atoms with E-state index in [1.807, 2.05) is 6.08 Å². The van der Waals surface area contributed by atoms with Crippen molar-refractivity contribution in [3.63, 3.8) is 0 Å². The number of halogens is 1. The third kappa shape index (κ3) is 3.38. The van der Waals surface area contributed by atoms with Gasteiger partial charge in [-0.15, -0.1) is 0 Å². The predicted molar refractivity (Wildman–Crippen MR) is 165 cm³/mol. The van der Waals surface area contributed by atoms with Gasteiger partial charge in [0.1, 0.15) is 11.6 Å². The average Bonchev–Trinajstić information content (AvgIpc) is 3.32. The van der Waals surface area contributed by atoms with E-state index in [1.165, 1.54) is 55.3 Å². The van der Waals surface area contributed by atoms with Gasteiger partial charge in [-0.2, -0.15) is 0 Å². The number of hydrogen-bond acceptors (Lipinski definition) is 1. The minimum atomic E-state index is -0.347. The fourth-order valence-corrected chi connectivity index (χ4v) is 7.96. The normalized spacial score (nSPS) is 20.4. The highest BCUT2D eigenvalue weighted by molar-refractivity contribution is 6.07. The lowest BCUT2D eigenvalue weighted by atomic mass is 9.62. The van der Waals surface area contributed by atoms with Crippen molar-refractivity contribution in [1.82, 2.24) is 0 Å². The van der Waals surface area contributed by atoms with Crippen molar-refractivity contribution in [2.24, 2.45) is 0 Å². The highest BCUT2D eigenvalue weighted by Crippen LogP contribution is 2.59. The van der Waals surface area contributed by atoms with Crippen molar-refractivity contribution in [2.45, 2.75) is 56.8 Å². The summed E-state index contributed by atoms with van der Waals surface area (Å²) in [5.41, 5.74) is 10.7. The van der Waals surface area contributed by atoms with Crippen LogP contribution in [0.5, 0.6) is 5.75 Å². The van der Waals surface area contributed by atoms with E-state index in [0.29, 0.717) is 6.42 Å². The van der Waals surface area contributed by atoms with Crippen LogP contribution in [0.1, 0.15) is 67.3 Å². The summed E-state index contributed by atoms with van der Waals surface area (Å²) in [6, 6.07) is 26.5. The Morgan fingerprint density at radius 2 is 1.55 bits per heavy atom. The van der Waals surface area contributed by atoms with Crippen LogP contribution >= 0.6 is 0 Å². The fourth-order valence-electron chi connectivity index (χ4n) is 7.96. The standard InChI is InChI=1S/C38H35FO/c1-4-37(5-2)34-13-9-8-12-32(34)35-30-11-7-6-10-29(30)33-24-38(23-22-31(33)36(35)37,25-14-18-27(39)19-15-25)26-16-20-28(40-3)21-17-26/h6-14,16-18,20-23H,4-5,15,19,24H2,1-3H3. The minimum Gasteiger partial charge on any atom is -0.497 e. The summed E-state index contributed by atoms with van der Waals surface area (Å²) in [5.74, 6) is 0.810. The van der Waals surface area contributed by atoms with E-state index in [0.717, 1.165) is 31.4 Å². The molecule has 1 unspecified atom stereocenters. The lowest BCUT2D eigenvalue weighted by molar-refractivity contribution is 0.414. The van der Waals surface area contributed by atoms with Crippen LogP contribution < -0.4 is 4.74 Å². The van der Waals surface area contributed by atoms with Gasteiger partial charge in [-0.1, -0.05) is 98.3 Å². The molecule has 0 spiro atoms. The molecule has 3 aliphatic carbocycles. The van der Waals surface area contributed by atoms with Crippen molar-refractivity contribution >= 4 is 16.8 Å². The first kappa shape index (κ1) is 25.1. The largest absolute Gasteiger partial charge is 0.497 e. The molecule has 200 valence electrons. The van der Waals surface area contributed by atoms with Crippen LogP contribution in [0.15, 0.2) is 102 Å². The summed E-state index contributed by atoms with van der Waals surface area (Å²) >= 11 is 0. The maximum atomic E-state index is 14.2. The highest BCUT2D eigenvalue weighted by Gasteiger charge is 2.46. The van der Waals surface area contributed by atoms with Gasteiger partial charge in [0.05, 0.1) is 7.11 Å². The molecular weight excluding hydrogens is 491 g/mol. The lowest BCUT2D eigenvalue weighted by Crippen LogP contribution is -2.33. The first-order valence-electron chi connectivity index (χ1n) is 14.6. The first-order chi connectivity index (χ1) is 19.6. The highest BCUT2D eigenvalue weighted by atomic mass is 19.1. The third-order valence-electron chi connectivity index (χ3n) is 10.0. The molecule has 3 aliphatic rings. The summed E-state index contributed by atoms with van der Waals surface area (Å²) in [7, 11) is 1.71. The Kier molecular flexibility index (Phi) is 5.85. The van der Waals surface area contributed by atoms with Gasteiger partial charge < -0.3 is 4.74 Å². The van der Waals surface area contributed by atoms with Crippen LogP contribution in [0, 0.1) is 0 Å². The van der Waals surface area contributed by atoms with Crippen molar-refractivity contribution < 1.29 is 9.13 Å². The van der Waals surface area contributed by atoms with Crippen molar-refractivity contribution in [3.8, 4) is 16.9 Å². The number of methoxy groups -OCH3 is 1. The lowest BCUT2D eigenvalue weighted by Gasteiger charge is -2.41. The number of ether oxygens (including phenoxy) is 1. The smallest absolute Gasteiger partial charge is 0.118 e. The Hall–Kier alpha value is -3.91. The van der Waals surface area contributed by atoms with Gasteiger partial charge >= 0.3 is 0 Å². The van der Waals surface area contributed by atoms with E-state index in [4.69, 9.17) is 4.74 Å². The molecule has 1 atom stereocenters. The van der Waals surface area contributed by atoms with Gasteiger partial charge in [0.15, 0.2) is 0 Å². The van der Waals surface area contributed by atoms with Gasteiger partial charge in [-0.25, -0.2) is 4.39 Å². The van der Waals surface area contributed by atoms with Crippen LogP contribution in [0.3, 0.4) is 0 Å². The Morgan fingerprint density at radius 3 is 2.25 bits per heavy atom. The van der Waals surface area contributed by atoms with Gasteiger partial charge in [0.2, 0.25) is 0 Å². The number of benzene rings is 4. The Balaban J connectivity index is 1.54. The van der Waals surface area contributed by atoms with E-state index in [-0.39, 0.29) is 16.7 Å². The summed E-state index contributed by atoms with van der Waals surface area (Å²) < 4.78 is 19.7. The number of hydrogen-bond donors (Lipinski definition) is 0. The molecule has 0 radical (unpaired) electrons. The molecule has 0 heterocycles. The summed E-state index contributed by atoms with van der Waals surface area (Å²) in [6.07, 6.45) is 12.7. The van der Waals surface area contributed by atoms with Gasteiger partial charge in [0, 0.05) is 17.3 Å². The molecule has 0 saturated carbocycles. The Morgan fingerprint density at radius 1 is 0.825 bits per heavy atom. The monoisotopic (exact) mass is 526 g/mol.